The van der Waals surface area contributed by atoms with Gasteiger partial charge >= 0.3 is 0 Å². The van der Waals surface area contributed by atoms with E-state index in [1.807, 2.05) is 31.2 Å². The Labute approximate surface area is 178 Å². The molecule has 29 heavy (non-hydrogen) atoms. The van der Waals surface area contributed by atoms with Crippen LogP contribution in [0.3, 0.4) is 0 Å². The molecule has 2 N–H and O–H groups in total. The Hall–Kier alpha value is -2.06. The van der Waals surface area contributed by atoms with Gasteiger partial charge in [0.25, 0.3) is 0 Å². The number of unbranched alkanes of at least 4 members (excludes halogenated alkanes) is 1. The van der Waals surface area contributed by atoms with Gasteiger partial charge in [-0.3, -0.25) is 4.79 Å². The SMILES string of the molecule is CCCCn1c(S[C@H](C)C(=O)Nc2ccccc2OC)nnc1[C@H](CC)[NH+](C)C. The average molecular weight is 421 g/mol. The number of carbonyl (C=O) groups excluding carboxylic acids is 1. The zero-order valence-electron chi connectivity index (χ0n) is 18.4. The zero-order valence-corrected chi connectivity index (χ0v) is 19.2. The Kier molecular flexibility index (Phi) is 8.98. The molecule has 2 atom stereocenters. The van der Waals surface area contributed by atoms with Crippen LogP contribution in [-0.4, -0.2) is 47.1 Å². The predicted molar refractivity (Wildman–Crippen MR) is 118 cm³/mol. The van der Waals surface area contributed by atoms with Crippen molar-refractivity contribution < 1.29 is 14.4 Å². The van der Waals surface area contributed by atoms with Crippen LogP contribution < -0.4 is 15.0 Å². The van der Waals surface area contributed by atoms with E-state index in [-0.39, 0.29) is 17.2 Å². The van der Waals surface area contributed by atoms with Crippen LogP contribution in [-0.2, 0) is 11.3 Å². The molecule has 2 rings (SSSR count). The van der Waals surface area contributed by atoms with Gasteiger partial charge in [0.1, 0.15) is 11.8 Å². The van der Waals surface area contributed by atoms with Crippen LogP contribution in [0.5, 0.6) is 5.75 Å². The number of rotatable bonds is 11. The molecule has 0 fully saturated rings. The average Bonchev–Trinajstić information content (AvgIpc) is 3.09. The number of amides is 1. The van der Waals surface area contributed by atoms with Crippen molar-refractivity contribution >= 4 is 23.4 Å². The highest BCUT2D eigenvalue weighted by atomic mass is 32.2. The highest BCUT2D eigenvalue weighted by molar-refractivity contribution is 8.00. The molecular formula is C21H34N5O2S+. The van der Waals surface area contributed by atoms with Crippen molar-refractivity contribution in [3.8, 4) is 5.75 Å². The number of ether oxygens (including phenoxy) is 1. The van der Waals surface area contributed by atoms with E-state index in [0.717, 1.165) is 36.8 Å². The lowest BCUT2D eigenvalue weighted by Crippen LogP contribution is -3.06. The Morgan fingerprint density at radius 3 is 2.62 bits per heavy atom. The van der Waals surface area contributed by atoms with Gasteiger partial charge in [-0.1, -0.05) is 44.2 Å². The van der Waals surface area contributed by atoms with Crippen molar-refractivity contribution in [2.75, 3.05) is 26.5 Å². The third-order valence-corrected chi connectivity index (χ3v) is 5.99. The molecular weight excluding hydrogens is 386 g/mol. The molecule has 160 valence electrons. The lowest BCUT2D eigenvalue weighted by atomic mass is 10.2. The van der Waals surface area contributed by atoms with Gasteiger partial charge in [-0.15, -0.1) is 10.2 Å². The molecule has 0 spiro atoms. The van der Waals surface area contributed by atoms with Gasteiger partial charge in [-0.2, -0.15) is 0 Å². The lowest BCUT2D eigenvalue weighted by Gasteiger charge is -2.21. The first-order valence-electron chi connectivity index (χ1n) is 10.3. The summed E-state index contributed by atoms with van der Waals surface area (Å²) in [7, 11) is 5.88. The number of methoxy groups -OCH3 is 1. The number of thioether (sulfide) groups is 1. The Morgan fingerprint density at radius 1 is 1.28 bits per heavy atom. The highest BCUT2D eigenvalue weighted by Gasteiger charge is 2.26. The summed E-state index contributed by atoms with van der Waals surface area (Å²) in [6, 6.07) is 7.70. The fraction of sp³-hybridized carbons (Fsp3) is 0.571. The third-order valence-electron chi connectivity index (χ3n) is 4.91. The molecule has 0 unspecified atom stereocenters. The first-order chi connectivity index (χ1) is 13.9. The fourth-order valence-electron chi connectivity index (χ4n) is 3.21. The minimum absolute atomic E-state index is 0.0867. The quantitative estimate of drug-likeness (QED) is 0.547. The van der Waals surface area contributed by atoms with Gasteiger partial charge in [0.2, 0.25) is 5.91 Å². The Balaban J connectivity index is 2.18. The predicted octanol–water partition coefficient (Wildman–Crippen LogP) is 2.80. The molecule has 0 radical (unpaired) electrons. The van der Waals surface area contributed by atoms with Crippen LogP contribution in [0.25, 0.3) is 0 Å². The summed E-state index contributed by atoms with van der Waals surface area (Å²) in [6.07, 6.45) is 3.14. The molecule has 0 aliphatic carbocycles. The maximum atomic E-state index is 12.8. The number of hydrogen-bond acceptors (Lipinski definition) is 5. The number of hydrogen-bond donors (Lipinski definition) is 2. The van der Waals surface area contributed by atoms with Crippen molar-refractivity contribution in [1.82, 2.24) is 14.8 Å². The van der Waals surface area contributed by atoms with E-state index in [2.05, 4.69) is 48.0 Å². The summed E-state index contributed by atoms with van der Waals surface area (Å²) < 4.78 is 7.52. The van der Waals surface area contributed by atoms with Crippen LogP contribution in [0.4, 0.5) is 5.69 Å². The maximum absolute atomic E-state index is 12.8. The summed E-state index contributed by atoms with van der Waals surface area (Å²) in [5, 5.41) is 12.4. The van der Waals surface area contributed by atoms with Gasteiger partial charge in [0.15, 0.2) is 11.0 Å². The van der Waals surface area contributed by atoms with Crippen molar-refractivity contribution in [3.05, 3.63) is 30.1 Å². The summed E-state index contributed by atoms with van der Waals surface area (Å²) in [6.45, 7) is 7.11. The molecule has 2 aromatic rings. The number of anilines is 1. The number of para-hydroxylation sites is 2. The van der Waals surface area contributed by atoms with Crippen molar-refractivity contribution in [1.29, 1.82) is 0 Å². The van der Waals surface area contributed by atoms with Crippen molar-refractivity contribution in [3.63, 3.8) is 0 Å². The van der Waals surface area contributed by atoms with Crippen molar-refractivity contribution in [2.45, 2.75) is 63.0 Å². The number of carbonyl (C=O) groups is 1. The Bertz CT molecular complexity index is 793. The second-order valence-corrected chi connectivity index (χ2v) is 8.64. The van der Waals surface area contributed by atoms with Gasteiger partial charge in [-0.25, -0.2) is 0 Å². The van der Waals surface area contributed by atoms with E-state index in [9.17, 15) is 4.79 Å². The summed E-state index contributed by atoms with van der Waals surface area (Å²) >= 11 is 1.45. The lowest BCUT2D eigenvalue weighted by molar-refractivity contribution is -0.893. The largest absolute Gasteiger partial charge is 0.495 e. The van der Waals surface area contributed by atoms with Crippen molar-refractivity contribution in [2.24, 2.45) is 0 Å². The normalized spacial score (nSPS) is 13.3. The van der Waals surface area contributed by atoms with Crippen LogP contribution in [0.1, 0.15) is 51.9 Å². The fourth-order valence-corrected chi connectivity index (χ4v) is 4.10. The van der Waals surface area contributed by atoms with Crippen LogP contribution in [0, 0.1) is 0 Å². The monoisotopic (exact) mass is 420 g/mol. The topological polar surface area (TPSA) is 73.5 Å². The number of aromatic nitrogens is 3. The van der Waals surface area contributed by atoms with E-state index in [4.69, 9.17) is 4.74 Å². The standard InChI is InChI=1S/C21H33N5O2S/c1-7-9-14-26-19(17(8-2)25(4)5)23-24-21(26)29-15(3)20(27)22-16-12-10-11-13-18(16)28-6/h10-13,15,17H,7-9,14H2,1-6H3,(H,22,27)/p+1/t15-,17+/m1/s1. The zero-order chi connectivity index (χ0) is 21.4. The van der Waals surface area contributed by atoms with E-state index < -0.39 is 0 Å². The summed E-state index contributed by atoms with van der Waals surface area (Å²) in [5.41, 5.74) is 0.669. The van der Waals surface area contributed by atoms with Gasteiger partial charge in [0, 0.05) is 13.0 Å². The number of nitrogens with one attached hydrogen (secondary N) is 2. The molecule has 0 aliphatic rings. The Morgan fingerprint density at radius 2 is 2.00 bits per heavy atom. The van der Waals surface area contributed by atoms with E-state index in [0.29, 0.717) is 11.4 Å². The number of quaternary nitrogens is 1. The number of nitrogens with zero attached hydrogens (tertiary/aromatic N) is 3. The second kappa shape index (κ2) is 11.2. The third kappa shape index (κ3) is 5.96. The first kappa shape index (κ1) is 23.2. The molecule has 1 heterocycles. The smallest absolute Gasteiger partial charge is 0.237 e. The van der Waals surface area contributed by atoms with Crippen LogP contribution in [0.2, 0.25) is 0 Å². The minimum Gasteiger partial charge on any atom is -0.495 e. The molecule has 1 aromatic heterocycles. The van der Waals surface area contributed by atoms with E-state index in [1.165, 1.54) is 16.7 Å². The molecule has 1 aromatic carbocycles. The van der Waals surface area contributed by atoms with Crippen LogP contribution in [0.15, 0.2) is 29.4 Å². The summed E-state index contributed by atoms with van der Waals surface area (Å²) in [4.78, 5) is 14.1. The molecule has 8 heteroatoms. The minimum atomic E-state index is -0.316. The van der Waals surface area contributed by atoms with E-state index in [1.54, 1.807) is 7.11 Å². The van der Waals surface area contributed by atoms with Gasteiger partial charge in [-0.05, 0) is 25.5 Å². The maximum Gasteiger partial charge on any atom is 0.237 e. The molecule has 7 nitrogen and oxygen atoms in total. The van der Waals surface area contributed by atoms with Gasteiger partial charge in [0.05, 0.1) is 32.1 Å². The molecule has 0 bridgehead atoms. The first-order valence-corrected chi connectivity index (χ1v) is 11.1. The van der Waals surface area contributed by atoms with E-state index >= 15 is 0 Å². The van der Waals surface area contributed by atoms with Gasteiger partial charge < -0.3 is 19.5 Å². The highest BCUT2D eigenvalue weighted by Crippen LogP contribution is 2.28. The molecule has 0 saturated heterocycles. The molecule has 0 saturated carbocycles. The second-order valence-electron chi connectivity index (χ2n) is 7.33. The number of benzene rings is 1. The molecule has 0 aliphatic heterocycles. The molecule has 1 amide bonds. The van der Waals surface area contributed by atoms with Crippen LogP contribution >= 0.6 is 11.8 Å². The summed E-state index contributed by atoms with van der Waals surface area (Å²) in [5.74, 6) is 1.56.